The van der Waals surface area contributed by atoms with Gasteiger partial charge in [0.25, 0.3) is 0 Å². The van der Waals surface area contributed by atoms with Gasteiger partial charge in [-0.3, -0.25) is 4.79 Å². The van der Waals surface area contributed by atoms with Crippen LogP contribution in [0.1, 0.15) is 72.1 Å². The number of allylic oxidation sites excluding steroid dienone is 3. The van der Waals surface area contributed by atoms with Crippen molar-refractivity contribution in [2.75, 3.05) is 5.75 Å². The minimum absolute atomic E-state index is 0.00591. The van der Waals surface area contributed by atoms with Crippen molar-refractivity contribution in [3.8, 4) is 0 Å². The van der Waals surface area contributed by atoms with Gasteiger partial charge in [0, 0.05) is 6.42 Å². The molecular formula is C21H36O6S. The number of carboxylic acids is 1. The average molecular weight is 417 g/mol. The molecule has 3 atom stereocenters. The van der Waals surface area contributed by atoms with E-state index in [0.29, 0.717) is 19.3 Å². The van der Waals surface area contributed by atoms with Crippen molar-refractivity contribution in [1.29, 1.82) is 0 Å². The van der Waals surface area contributed by atoms with E-state index in [0.717, 1.165) is 19.3 Å². The van der Waals surface area contributed by atoms with E-state index < -0.39 is 33.1 Å². The van der Waals surface area contributed by atoms with Crippen LogP contribution in [0.15, 0.2) is 24.0 Å². The summed E-state index contributed by atoms with van der Waals surface area (Å²) in [5.74, 6) is -2.04. The molecule has 0 radical (unpaired) electrons. The average Bonchev–Trinajstić information content (AvgIpc) is 2.82. The third-order valence-corrected chi connectivity index (χ3v) is 7.60. The van der Waals surface area contributed by atoms with Gasteiger partial charge in [-0.25, -0.2) is 8.42 Å². The summed E-state index contributed by atoms with van der Waals surface area (Å²) >= 11 is 0. The van der Waals surface area contributed by atoms with Crippen LogP contribution in [0, 0.1) is 11.3 Å². The highest BCUT2D eigenvalue weighted by molar-refractivity contribution is 7.92. The van der Waals surface area contributed by atoms with Crippen LogP contribution in [0.3, 0.4) is 0 Å². The number of sulfone groups is 1. The number of rotatable bonds is 12. The van der Waals surface area contributed by atoms with Gasteiger partial charge in [-0.05, 0) is 43.6 Å². The zero-order valence-electron chi connectivity index (χ0n) is 17.3. The molecule has 0 saturated carbocycles. The Morgan fingerprint density at radius 1 is 1.18 bits per heavy atom. The maximum Gasteiger partial charge on any atom is 0.303 e. The Bertz CT molecular complexity index is 662. The van der Waals surface area contributed by atoms with Crippen molar-refractivity contribution >= 4 is 15.8 Å². The van der Waals surface area contributed by atoms with Crippen molar-refractivity contribution in [1.82, 2.24) is 0 Å². The lowest BCUT2D eigenvalue weighted by Crippen LogP contribution is -2.27. The van der Waals surface area contributed by atoms with E-state index >= 15 is 0 Å². The van der Waals surface area contributed by atoms with Crippen LogP contribution >= 0.6 is 0 Å². The van der Waals surface area contributed by atoms with E-state index in [4.69, 9.17) is 5.11 Å². The first-order chi connectivity index (χ1) is 13.0. The summed E-state index contributed by atoms with van der Waals surface area (Å²) in [6.07, 6.45) is 9.21. The first-order valence-electron chi connectivity index (χ1n) is 10.2. The first-order valence-corrected chi connectivity index (χ1v) is 11.9. The fraction of sp³-hybridized carbons (Fsp3) is 0.762. The SMILES string of the molecule is CCCCC(C)(C)C/C=C(/O)[C@@H]1[C@@H](O)CS(=O)(=O)[C@H]1CC=CCCCC(=O)O. The van der Waals surface area contributed by atoms with Gasteiger partial charge in [-0.15, -0.1) is 0 Å². The summed E-state index contributed by atoms with van der Waals surface area (Å²) in [7, 11) is -3.50. The van der Waals surface area contributed by atoms with E-state index in [2.05, 4.69) is 20.8 Å². The Morgan fingerprint density at radius 3 is 2.46 bits per heavy atom. The van der Waals surface area contributed by atoms with Gasteiger partial charge >= 0.3 is 5.97 Å². The number of aliphatic carboxylic acids is 1. The second-order valence-electron chi connectivity index (χ2n) is 8.56. The number of carboxylic acid groups (broad SMARTS) is 1. The van der Waals surface area contributed by atoms with Gasteiger partial charge in [-0.2, -0.15) is 0 Å². The van der Waals surface area contributed by atoms with Crippen LogP contribution in [0.5, 0.6) is 0 Å². The van der Waals surface area contributed by atoms with Crippen LogP contribution in [0.4, 0.5) is 0 Å². The molecule has 0 aliphatic carbocycles. The van der Waals surface area contributed by atoms with Gasteiger partial charge in [0.1, 0.15) is 0 Å². The third-order valence-electron chi connectivity index (χ3n) is 5.39. The summed E-state index contributed by atoms with van der Waals surface area (Å²) in [4.78, 5) is 10.5. The molecule has 1 aliphatic heterocycles. The standard InChI is InChI=1S/C21H36O6S/c1-4-5-13-21(2,3)14-12-16(22)20-17(23)15-28(26,27)18(20)10-8-6-7-9-11-19(24)25/h6,8,12,17-18,20,22-23H,4-5,7,9-11,13-15H2,1-3H3,(H,24,25)/b8-6?,16-12+/t17-,18-,20+/m0/s1. The molecule has 3 N–H and O–H groups in total. The van der Waals surface area contributed by atoms with E-state index in [9.17, 15) is 23.4 Å². The largest absolute Gasteiger partial charge is 0.512 e. The normalized spacial score (nSPS) is 25.4. The molecule has 0 amide bonds. The maximum absolute atomic E-state index is 12.4. The van der Waals surface area contributed by atoms with Crippen molar-refractivity contribution in [2.45, 2.75) is 83.5 Å². The molecule has 1 aliphatic rings. The van der Waals surface area contributed by atoms with Gasteiger partial charge in [0.15, 0.2) is 9.84 Å². The molecule has 162 valence electrons. The minimum atomic E-state index is -3.50. The maximum atomic E-state index is 12.4. The quantitative estimate of drug-likeness (QED) is 0.252. The predicted octanol–water partition coefficient (Wildman–Crippen LogP) is 4.01. The summed E-state index contributed by atoms with van der Waals surface area (Å²) in [5, 5.41) is 28.6. The van der Waals surface area contributed by atoms with Gasteiger partial charge in [0.2, 0.25) is 0 Å². The third kappa shape index (κ3) is 7.95. The zero-order valence-corrected chi connectivity index (χ0v) is 18.1. The zero-order chi connectivity index (χ0) is 21.4. The number of carbonyl (C=O) groups is 1. The van der Waals surface area contributed by atoms with E-state index in [1.807, 2.05) is 0 Å². The highest BCUT2D eigenvalue weighted by atomic mass is 32.2. The van der Waals surface area contributed by atoms with E-state index in [-0.39, 0.29) is 29.8 Å². The molecule has 0 unspecified atom stereocenters. The number of unbranched alkanes of at least 4 members (excludes halogenated alkanes) is 2. The Kier molecular flexibility index (Phi) is 9.70. The summed E-state index contributed by atoms with van der Waals surface area (Å²) in [6.45, 7) is 6.36. The molecule has 0 spiro atoms. The lowest BCUT2D eigenvalue weighted by atomic mass is 9.83. The Balaban J connectivity index is 2.79. The first kappa shape index (κ1) is 24.7. The summed E-state index contributed by atoms with van der Waals surface area (Å²) in [5.41, 5.74) is 0.00591. The second kappa shape index (κ2) is 11.0. The number of hydrogen-bond donors (Lipinski definition) is 3. The topological polar surface area (TPSA) is 112 Å². The molecule has 0 aromatic heterocycles. The number of aliphatic hydroxyl groups is 2. The van der Waals surface area contributed by atoms with E-state index in [1.165, 1.54) is 0 Å². The molecular weight excluding hydrogens is 380 g/mol. The Hall–Kier alpha value is -1.34. The Morgan fingerprint density at radius 2 is 1.86 bits per heavy atom. The second-order valence-corrected chi connectivity index (χ2v) is 10.8. The van der Waals surface area contributed by atoms with Gasteiger partial charge < -0.3 is 15.3 Å². The molecule has 0 aromatic carbocycles. The molecule has 7 heteroatoms. The highest BCUT2D eigenvalue weighted by Gasteiger charge is 2.47. The molecule has 1 saturated heterocycles. The molecule has 6 nitrogen and oxygen atoms in total. The van der Waals surface area contributed by atoms with E-state index in [1.54, 1.807) is 18.2 Å². The Labute approximate surface area is 169 Å². The van der Waals surface area contributed by atoms with Gasteiger partial charge in [0.05, 0.1) is 28.8 Å². The number of hydrogen-bond acceptors (Lipinski definition) is 5. The van der Waals surface area contributed by atoms with Crippen molar-refractivity contribution in [3.63, 3.8) is 0 Å². The van der Waals surface area contributed by atoms with Crippen LogP contribution in [-0.4, -0.2) is 46.8 Å². The smallest absolute Gasteiger partial charge is 0.303 e. The van der Waals surface area contributed by atoms with Crippen LogP contribution in [-0.2, 0) is 14.6 Å². The summed E-state index contributed by atoms with van der Waals surface area (Å²) in [6, 6.07) is 0. The fourth-order valence-electron chi connectivity index (χ4n) is 3.61. The number of aliphatic hydroxyl groups excluding tert-OH is 2. The lowest BCUT2D eigenvalue weighted by Gasteiger charge is -2.24. The monoisotopic (exact) mass is 416 g/mol. The van der Waals surface area contributed by atoms with Crippen molar-refractivity contribution in [2.24, 2.45) is 11.3 Å². The fourth-order valence-corrected chi connectivity index (χ4v) is 5.71. The predicted molar refractivity (Wildman–Crippen MR) is 111 cm³/mol. The van der Waals surface area contributed by atoms with Crippen LogP contribution in [0.2, 0.25) is 0 Å². The highest BCUT2D eigenvalue weighted by Crippen LogP contribution is 2.36. The molecule has 1 fully saturated rings. The van der Waals surface area contributed by atoms with Gasteiger partial charge in [-0.1, -0.05) is 45.8 Å². The minimum Gasteiger partial charge on any atom is -0.512 e. The van der Waals surface area contributed by atoms with Crippen LogP contribution in [0.25, 0.3) is 0 Å². The molecule has 28 heavy (non-hydrogen) atoms. The van der Waals surface area contributed by atoms with Crippen LogP contribution < -0.4 is 0 Å². The van der Waals surface area contributed by atoms with Crippen molar-refractivity contribution in [3.05, 3.63) is 24.0 Å². The molecule has 0 bridgehead atoms. The summed E-state index contributed by atoms with van der Waals surface area (Å²) < 4.78 is 24.9. The molecule has 0 aromatic rings. The van der Waals surface area contributed by atoms with Crippen molar-refractivity contribution < 1.29 is 28.5 Å². The molecule has 1 rings (SSSR count). The molecule has 1 heterocycles. The lowest BCUT2D eigenvalue weighted by molar-refractivity contribution is -0.137.